The number of aryl methyl sites for hydroxylation is 1. The summed E-state index contributed by atoms with van der Waals surface area (Å²) in [5.74, 6) is 0.685. The molecule has 0 amide bonds. The fraction of sp³-hybridized carbons (Fsp3) is 0.0185. The van der Waals surface area contributed by atoms with Crippen molar-refractivity contribution in [3.05, 3.63) is 212 Å². The summed E-state index contributed by atoms with van der Waals surface area (Å²) in [6.45, 7) is 2.03. The number of hydrogen-bond acceptors (Lipinski definition) is 3. The molecule has 57 heavy (non-hydrogen) atoms. The Balaban J connectivity index is 1.13. The largest absolute Gasteiger partial charge is 0.262 e. The standard InChI is InChI=1S/C54H37N3/c1-36-30-43(28-29-55-36)39-24-20-37(21-25-39)38-22-26-40(27-23-38)45-31-46(51-34-44-16-8-9-17-48(44)49-18-10-11-19-50(49)51)33-47(32-45)54-56-52(41-12-4-2-5-13-41)35-53(57-54)42-14-6-3-7-15-42/h2-35H,1H3. The molecule has 10 aromatic rings. The van der Waals surface area contributed by atoms with Gasteiger partial charge in [-0.15, -0.1) is 0 Å². The van der Waals surface area contributed by atoms with Gasteiger partial charge in [-0.2, -0.15) is 0 Å². The van der Waals surface area contributed by atoms with Crippen molar-refractivity contribution < 1.29 is 0 Å². The van der Waals surface area contributed by atoms with Gasteiger partial charge in [0.05, 0.1) is 11.4 Å². The van der Waals surface area contributed by atoms with Crippen molar-refractivity contribution in [3.63, 3.8) is 0 Å². The third-order valence-electron chi connectivity index (χ3n) is 10.8. The molecule has 0 radical (unpaired) electrons. The van der Waals surface area contributed by atoms with E-state index in [-0.39, 0.29) is 0 Å². The Morgan fingerprint density at radius 2 is 0.807 bits per heavy atom. The summed E-state index contributed by atoms with van der Waals surface area (Å²) < 4.78 is 0. The lowest BCUT2D eigenvalue weighted by Crippen LogP contribution is -1.97. The first kappa shape index (κ1) is 34.0. The quantitative estimate of drug-likeness (QED) is 0.153. The first-order valence-electron chi connectivity index (χ1n) is 19.3. The van der Waals surface area contributed by atoms with Gasteiger partial charge in [0.15, 0.2) is 5.82 Å². The SMILES string of the molecule is Cc1cc(-c2ccc(-c3ccc(-c4cc(-c5nc(-c6ccccc6)cc(-c6ccccc6)n5)cc(-c5cc6ccccc6c6ccccc56)c4)cc3)cc2)ccn1. The van der Waals surface area contributed by atoms with Gasteiger partial charge in [0.2, 0.25) is 0 Å². The van der Waals surface area contributed by atoms with E-state index in [0.717, 1.165) is 50.5 Å². The second-order valence-electron chi connectivity index (χ2n) is 14.5. The molecule has 0 saturated carbocycles. The highest BCUT2D eigenvalue weighted by molar-refractivity contribution is 6.14. The van der Waals surface area contributed by atoms with Crippen LogP contribution in [0.25, 0.3) is 100.0 Å². The molecule has 0 aliphatic heterocycles. The molecule has 0 unspecified atom stereocenters. The number of aromatic nitrogens is 3. The van der Waals surface area contributed by atoms with Crippen LogP contribution >= 0.6 is 0 Å². The highest BCUT2D eigenvalue weighted by atomic mass is 14.9. The third kappa shape index (κ3) is 6.77. The van der Waals surface area contributed by atoms with Gasteiger partial charge in [-0.3, -0.25) is 4.98 Å². The predicted octanol–water partition coefficient (Wildman–Crippen LogP) is 14.2. The van der Waals surface area contributed by atoms with Crippen LogP contribution in [0.1, 0.15) is 5.69 Å². The van der Waals surface area contributed by atoms with Crippen LogP contribution < -0.4 is 0 Å². The van der Waals surface area contributed by atoms with E-state index in [9.17, 15) is 0 Å². The molecule has 8 aromatic carbocycles. The first-order valence-corrected chi connectivity index (χ1v) is 19.3. The molecule has 0 bridgehead atoms. The van der Waals surface area contributed by atoms with Gasteiger partial charge in [-0.1, -0.05) is 158 Å². The Labute approximate surface area is 332 Å². The lowest BCUT2D eigenvalue weighted by Gasteiger charge is -2.15. The van der Waals surface area contributed by atoms with Gasteiger partial charge in [0.1, 0.15) is 0 Å². The molecular weight excluding hydrogens is 691 g/mol. The number of pyridine rings is 1. The maximum atomic E-state index is 5.25. The number of benzene rings is 8. The molecule has 3 heteroatoms. The summed E-state index contributed by atoms with van der Waals surface area (Å²) in [7, 11) is 0. The molecule has 0 fully saturated rings. The van der Waals surface area contributed by atoms with Crippen molar-refractivity contribution in [1.29, 1.82) is 0 Å². The lowest BCUT2D eigenvalue weighted by molar-refractivity contribution is 1.18. The molecule has 2 heterocycles. The van der Waals surface area contributed by atoms with E-state index in [0.29, 0.717) is 5.82 Å². The predicted molar refractivity (Wildman–Crippen MR) is 238 cm³/mol. The average Bonchev–Trinajstić information content (AvgIpc) is 3.29. The number of fused-ring (bicyclic) bond motifs is 3. The highest BCUT2D eigenvalue weighted by Crippen LogP contribution is 2.39. The molecule has 10 rings (SSSR count). The van der Waals surface area contributed by atoms with Crippen LogP contribution in [-0.2, 0) is 0 Å². The average molecular weight is 728 g/mol. The molecule has 0 N–H and O–H groups in total. The molecule has 0 spiro atoms. The Morgan fingerprint density at radius 3 is 1.42 bits per heavy atom. The third-order valence-corrected chi connectivity index (χ3v) is 10.8. The lowest BCUT2D eigenvalue weighted by atomic mass is 9.90. The minimum Gasteiger partial charge on any atom is -0.262 e. The molecule has 0 atom stereocenters. The molecule has 2 aromatic heterocycles. The van der Waals surface area contributed by atoms with Crippen molar-refractivity contribution in [1.82, 2.24) is 15.0 Å². The van der Waals surface area contributed by atoms with Crippen LogP contribution in [0.5, 0.6) is 0 Å². The van der Waals surface area contributed by atoms with E-state index >= 15 is 0 Å². The number of rotatable bonds is 7. The summed E-state index contributed by atoms with van der Waals surface area (Å²) in [6.07, 6.45) is 1.87. The van der Waals surface area contributed by atoms with Gasteiger partial charge < -0.3 is 0 Å². The molecular formula is C54H37N3. The minimum atomic E-state index is 0.685. The van der Waals surface area contributed by atoms with Gasteiger partial charge in [0.25, 0.3) is 0 Å². The van der Waals surface area contributed by atoms with Crippen LogP contribution in [0.3, 0.4) is 0 Å². The van der Waals surface area contributed by atoms with E-state index in [4.69, 9.17) is 9.97 Å². The second-order valence-corrected chi connectivity index (χ2v) is 14.5. The van der Waals surface area contributed by atoms with Crippen molar-refractivity contribution in [2.45, 2.75) is 6.92 Å². The van der Waals surface area contributed by atoms with E-state index in [1.807, 2.05) is 25.3 Å². The summed E-state index contributed by atoms with van der Waals surface area (Å²) in [4.78, 5) is 14.9. The monoisotopic (exact) mass is 727 g/mol. The Hall–Kier alpha value is -7.49. The van der Waals surface area contributed by atoms with E-state index in [1.165, 1.54) is 49.4 Å². The smallest absolute Gasteiger partial charge is 0.160 e. The summed E-state index contributed by atoms with van der Waals surface area (Å²) in [6, 6.07) is 71.2. The Morgan fingerprint density at radius 1 is 0.316 bits per heavy atom. The van der Waals surface area contributed by atoms with Crippen LogP contribution in [0.15, 0.2) is 206 Å². The van der Waals surface area contributed by atoms with Crippen LogP contribution in [0.4, 0.5) is 0 Å². The zero-order chi connectivity index (χ0) is 38.1. The summed E-state index contributed by atoms with van der Waals surface area (Å²) >= 11 is 0. The van der Waals surface area contributed by atoms with Crippen molar-refractivity contribution in [3.8, 4) is 78.4 Å². The van der Waals surface area contributed by atoms with E-state index < -0.39 is 0 Å². The molecule has 0 saturated heterocycles. The zero-order valence-corrected chi connectivity index (χ0v) is 31.5. The van der Waals surface area contributed by atoms with Gasteiger partial charge >= 0.3 is 0 Å². The van der Waals surface area contributed by atoms with Crippen molar-refractivity contribution >= 4 is 21.5 Å². The molecule has 0 aliphatic carbocycles. The van der Waals surface area contributed by atoms with Crippen LogP contribution in [0.2, 0.25) is 0 Å². The molecule has 268 valence electrons. The normalized spacial score (nSPS) is 11.2. The minimum absolute atomic E-state index is 0.685. The second kappa shape index (κ2) is 14.6. The zero-order valence-electron chi connectivity index (χ0n) is 31.5. The van der Waals surface area contributed by atoms with E-state index in [1.54, 1.807) is 0 Å². The highest BCUT2D eigenvalue weighted by Gasteiger charge is 2.16. The number of hydrogen-bond donors (Lipinski definition) is 0. The maximum absolute atomic E-state index is 5.25. The summed E-state index contributed by atoms with van der Waals surface area (Å²) in [5.41, 5.74) is 15.1. The fourth-order valence-corrected chi connectivity index (χ4v) is 7.90. The van der Waals surface area contributed by atoms with E-state index in [2.05, 4.69) is 193 Å². The molecule has 0 aliphatic rings. The summed E-state index contributed by atoms with van der Waals surface area (Å²) in [5, 5.41) is 4.91. The fourth-order valence-electron chi connectivity index (χ4n) is 7.90. The molecule has 3 nitrogen and oxygen atoms in total. The van der Waals surface area contributed by atoms with Gasteiger partial charge in [0, 0.05) is 28.6 Å². The Bertz CT molecular complexity index is 2990. The topological polar surface area (TPSA) is 38.7 Å². The first-order chi connectivity index (χ1) is 28.1. The number of nitrogens with zero attached hydrogens (tertiary/aromatic N) is 3. The Kier molecular flexibility index (Phi) is 8.74. The van der Waals surface area contributed by atoms with Crippen molar-refractivity contribution in [2.75, 3.05) is 0 Å². The van der Waals surface area contributed by atoms with Crippen molar-refractivity contribution in [2.24, 2.45) is 0 Å². The van der Waals surface area contributed by atoms with Gasteiger partial charge in [-0.05, 0) is 115 Å². The van der Waals surface area contributed by atoms with Crippen LogP contribution in [-0.4, -0.2) is 15.0 Å². The van der Waals surface area contributed by atoms with Gasteiger partial charge in [-0.25, -0.2) is 9.97 Å². The van der Waals surface area contributed by atoms with Crippen LogP contribution in [0, 0.1) is 6.92 Å². The maximum Gasteiger partial charge on any atom is 0.160 e.